The number of benzene rings is 2. The Morgan fingerprint density at radius 3 is 2.67 bits per heavy atom. The van der Waals surface area contributed by atoms with Gasteiger partial charge in [-0.1, -0.05) is 37.6 Å². The molecule has 0 aliphatic rings. The van der Waals surface area contributed by atoms with E-state index >= 15 is 0 Å². The number of aromatic amines is 1. The van der Waals surface area contributed by atoms with Crippen molar-refractivity contribution in [2.75, 3.05) is 20.2 Å². The van der Waals surface area contributed by atoms with Gasteiger partial charge in [0.2, 0.25) is 5.91 Å². The molecule has 7 nitrogen and oxygen atoms in total. The topological polar surface area (TPSA) is 87.3 Å². The van der Waals surface area contributed by atoms with Gasteiger partial charge in [-0.05, 0) is 42.8 Å². The molecule has 1 heterocycles. The van der Waals surface area contributed by atoms with E-state index in [1.807, 2.05) is 47.4 Å². The van der Waals surface area contributed by atoms with Gasteiger partial charge in [0.15, 0.2) is 0 Å². The van der Waals surface area contributed by atoms with Crippen molar-refractivity contribution in [3.05, 3.63) is 70.3 Å². The Labute approximate surface area is 176 Å². The van der Waals surface area contributed by atoms with Gasteiger partial charge in [-0.2, -0.15) is 0 Å². The zero-order valence-corrected chi connectivity index (χ0v) is 17.5. The van der Waals surface area contributed by atoms with Gasteiger partial charge in [-0.25, -0.2) is 4.98 Å². The maximum atomic E-state index is 12.5. The van der Waals surface area contributed by atoms with Gasteiger partial charge in [-0.15, -0.1) is 0 Å². The Kier molecular flexibility index (Phi) is 7.57. The van der Waals surface area contributed by atoms with E-state index in [-0.39, 0.29) is 18.0 Å². The molecule has 3 aromatic rings. The summed E-state index contributed by atoms with van der Waals surface area (Å²) in [5, 5.41) is 3.52. The number of aromatic nitrogens is 2. The first kappa shape index (κ1) is 21.5. The van der Waals surface area contributed by atoms with Crippen LogP contribution in [0.25, 0.3) is 10.9 Å². The number of methoxy groups -OCH3 is 1. The summed E-state index contributed by atoms with van der Waals surface area (Å²) in [6.07, 6.45) is 1.98. The van der Waals surface area contributed by atoms with Crippen LogP contribution in [0.1, 0.15) is 31.2 Å². The first-order valence-corrected chi connectivity index (χ1v) is 10.2. The maximum absolute atomic E-state index is 12.5. The molecule has 2 N–H and O–H groups in total. The molecule has 0 atom stereocenters. The van der Waals surface area contributed by atoms with Gasteiger partial charge in [-0.3, -0.25) is 14.5 Å². The number of H-pyrrole nitrogens is 1. The first-order valence-electron chi connectivity index (χ1n) is 10.2. The predicted molar refractivity (Wildman–Crippen MR) is 117 cm³/mol. The van der Waals surface area contributed by atoms with Crippen LogP contribution in [0.2, 0.25) is 0 Å². The summed E-state index contributed by atoms with van der Waals surface area (Å²) in [6, 6.07) is 14.9. The lowest BCUT2D eigenvalue weighted by molar-refractivity contribution is -0.122. The summed E-state index contributed by atoms with van der Waals surface area (Å²) < 4.78 is 5.15. The minimum absolute atomic E-state index is 0.0648. The predicted octanol–water partition coefficient (Wildman–Crippen LogP) is 2.85. The number of ether oxygens (including phenoxy) is 1. The number of carbonyl (C=O) groups excluding carboxylic acids is 1. The third-order valence-corrected chi connectivity index (χ3v) is 4.88. The molecule has 0 bridgehead atoms. The van der Waals surface area contributed by atoms with Crippen LogP contribution in [-0.2, 0) is 17.9 Å². The van der Waals surface area contributed by atoms with Crippen LogP contribution in [-0.4, -0.2) is 41.0 Å². The molecule has 2 aromatic carbocycles. The quantitative estimate of drug-likeness (QED) is 0.539. The number of amides is 1. The van der Waals surface area contributed by atoms with Crippen molar-refractivity contribution < 1.29 is 9.53 Å². The van der Waals surface area contributed by atoms with Crippen molar-refractivity contribution in [2.45, 2.75) is 32.9 Å². The Morgan fingerprint density at radius 1 is 1.17 bits per heavy atom. The molecule has 3 rings (SSSR count). The summed E-state index contributed by atoms with van der Waals surface area (Å²) >= 11 is 0. The van der Waals surface area contributed by atoms with Gasteiger partial charge >= 0.3 is 0 Å². The molecule has 0 saturated carbocycles. The lowest BCUT2D eigenvalue weighted by Gasteiger charge is -2.21. The molecule has 0 radical (unpaired) electrons. The molecule has 1 aromatic heterocycles. The highest BCUT2D eigenvalue weighted by atomic mass is 16.5. The van der Waals surface area contributed by atoms with E-state index in [9.17, 15) is 9.59 Å². The molecule has 1 amide bonds. The number of fused-ring (bicyclic) bond motifs is 1. The first-order chi connectivity index (χ1) is 14.6. The molecule has 0 unspecified atom stereocenters. The summed E-state index contributed by atoms with van der Waals surface area (Å²) in [7, 11) is 1.62. The lowest BCUT2D eigenvalue weighted by Crippen LogP contribution is -2.37. The second kappa shape index (κ2) is 10.5. The van der Waals surface area contributed by atoms with Gasteiger partial charge in [0.1, 0.15) is 11.6 Å². The Bertz CT molecular complexity index is 1030. The second-order valence-corrected chi connectivity index (χ2v) is 7.22. The number of unbranched alkanes of at least 4 members (excludes halogenated alkanes) is 1. The van der Waals surface area contributed by atoms with E-state index in [0.29, 0.717) is 29.8 Å². The third kappa shape index (κ3) is 5.90. The van der Waals surface area contributed by atoms with Crippen LogP contribution in [0.3, 0.4) is 0 Å². The van der Waals surface area contributed by atoms with Crippen molar-refractivity contribution in [1.82, 2.24) is 20.2 Å². The zero-order chi connectivity index (χ0) is 21.3. The minimum atomic E-state index is -0.157. The minimum Gasteiger partial charge on any atom is -0.497 e. The fourth-order valence-electron chi connectivity index (χ4n) is 3.22. The van der Waals surface area contributed by atoms with Gasteiger partial charge in [0, 0.05) is 6.54 Å². The van der Waals surface area contributed by atoms with Crippen molar-refractivity contribution in [3.8, 4) is 5.75 Å². The summed E-state index contributed by atoms with van der Waals surface area (Å²) in [5.74, 6) is 1.29. The average Bonchev–Trinajstić information content (AvgIpc) is 2.76. The highest BCUT2D eigenvalue weighted by molar-refractivity contribution is 5.78. The molecule has 0 aliphatic carbocycles. The molecular weight excluding hydrogens is 380 g/mol. The van der Waals surface area contributed by atoms with Gasteiger partial charge < -0.3 is 15.0 Å². The number of nitrogens with zero attached hydrogens (tertiary/aromatic N) is 2. The Morgan fingerprint density at radius 2 is 1.93 bits per heavy atom. The van der Waals surface area contributed by atoms with E-state index < -0.39 is 0 Å². The van der Waals surface area contributed by atoms with Crippen LogP contribution < -0.4 is 15.6 Å². The second-order valence-electron chi connectivity index (χ2n) is 7.22. The largest absolute Gasteiger partial charge is 0.497 e. The molecule has 30 heavy (non-hydrogen) atoms. The average molecular weight is 409 g/mol. The van der Waals surface area contributed by atoms with E-state index in [1.54, 1.807) is 13.2 Å². The molecule has 158 valence electrons. The molecule has 7 heteroatoms. The highest BCUT2D eigenvalue weighted by Crippen LogP contribution is 2.11. The summed E-state index contributed by atoms with van der Waals surface area (Å²) in [4.78, 5) is 34.3. The standard InChI is InChI=1S/C23H28N4O3/c1-3-4-13-27(15-21-25-20-8-6-5-7-19(20)23(29)26-21)16-22(28)24-14-17-9-11-18(30-2)12-10-17/h5-12H,3-4,13-16H2,1-2H3,(H,24,28)(H,25,26,29). The van der Waals surface area contributed by atoms with Crippen molar-refractivity contribution in [3.63, 3.8) is 0 Å². The number of nitrogens with one attached hydrogen (secondary N) is 2. The number of hydrogen-bond donors (Lipinski definition) is 2. The number of carbonyl (C=O) groups is 1. The molecular formula is C23H28N4O3. The molecule has 0 saturated heterocycles. The fraction of sp³-hybridized carbons (Fsp3) is 0.348. The van der Waals surface area contributed by atoms with Crippen LogP contribution in [0.15, 0.2) is 53.3 Å². The fourth-order valence-corrected chi connectivity index (χ4v) is 3.22. The Balaban J connectivity index is 1.63. The number of para-hydroxylation sites is 1. The van der Waals surface area contributed by atoms with Crippen molar-refractivity contribution in [2.24, 2.45) is 0 Å². The summed E-state index contributed by atoms with van der Waals surface area (Å²) in [6.45, 7) is 3.97. The van der Waals surface area contributed by atoms with E-state index in [0.717, 1.165) is 30.7 Å². The van der Waals surface area contributed by atoms with Crippen LogP contribution in [0.5, 0.6) is 5.75 Å². The Hall–Kier alpha value is -3.19. The van der Waals surface area contributed by atoms with E-state index in [2.05, 4.69) is 22.2 Å². The number of rotatable bonds is 10. The lowest BCUT2D eigenvalue weighted by atomic mass is 10.2. The van der Waals surface area contributed by atoms with Gasteiger partial charge in [0.05, 0.1) is 31.1 Å². The molecule has 0 spiro atoms. The normalized spacial score (nSPS) is 11.0. The molecule has 0 aliphatic heterocycles. The van der Waals surface area contributed by atoms with Crippen LogP contribution in [0.4, 0.5) is 0 Å². The van der Waals surface area contributed by atoms with Crippen LogP contribution >= 0.6 is 0 Å². The van der Waals surface area contributed by atoms with Crippen molar-refractivity contribution >= 4 is 16.8 Å². The summed E-state index contributed by atoms with van der Waals surface area (Å²) in [5.41, 5.74) is 1.51. The zero-order valence-electron chi connectivity index (χ0n) is 17.5. The maximum Gasteiger partial charge on any atom is 0.258 e. The van der Waals surface area contributed by atoms with Gasteiger partial charge in [0.25, 0.3) is 5.56 Å². The SMILES string of the molecule is CCCCN(CC(=O)NCc1ccc(OC)cc1)Cc1nc2ccccc2c(=O)[nH]1. The van der Waals surface area contributed by atoms with Crippen molar-refractivity contribution in [1.29, 1.82) is 0 Å². The smallest absolute Gasteiger partial charge is 0.258 e. The highest BCUT2D eigenvalue weighted by Gasteiger charge is 2.13. The number of hydrogen-bond acceptors (Lipinski definition) is 5. The monoisotopic (exact) mass is 408 g/mol. The van der Waals surface area contributed by atoms with Crippen LogP contribution in [0, 0.1) is 0 Å². The van der Waals surface area contributed by atoms with E-state index in [4.69, 9.17) is 4.74 Å². The third-order valence-electron chi connectivity index (χ3n) is 4.88. The van der Waals surface area contributed by atoms with E-state index in [1.165, 1.54) is 0 Å². The molecule has 0 fully saturated rings.